The Morgan fingerprint density at radius 2 is 1.41 bits per heavy atom. The Morgan fingerprint density at radius 1 is 0.854 bits per heavy atom. The van der Waals surface area contributed by atoms with Gasteiger partial charge in [0.15, 0.2) is 25.1 Å². The van der Waals surface area contributed by atoms with Gasteiger partial charge in [-0.2, -0.15) is 0 Å². The van der Waals surface area contributed by atoms with Crippen LogP contribution in [-0.4, -0.2) is 83.4 Å². The Hall–Kier alpha value is -2.87. The number of nitrogens with zero attached hydrogens (tertiary/aromatic N) is 1. The number of imide groups is 1. The number of carbonyl (C=O) groups is 2. The van der Waals surface area contributed by atoms with Crippen LogP contribution in [0.4, 0.5) is 0 Å². The molecule has 13 nitrogen and oxygen atoms in total. The third-order valence-electron chi connectivity index (χ3n) is 5.87. The van der Waals surface area contributed by atoms with E-state index in [9.17, 15) is 19.0 Å². The summed E-state index contributed by atoms with van der Waals surface area (Å²) in [6.07, 6.45) is -2.63. The van der Waals surface area contributed by atoms with Gasteiger partial charge in [-0.1, -0.05) is 25.1 Å². The number of methoxy groups -OCH3 is 2. The number of ether oxygens (including phenoxy) is 6. The van der Waals surface area contributed by atoms with Gasteiger partial charge in [-0.25, -0.2) is 0 Å². The largest absolute Gasteiger partial charge is 0.778 e. The predicted octanol–water partition coefficient (Wildman–Crippen LogP) is 2.93. The van der Waals surface area contributed by atoms with Gasteiger partial charge < -0.3 is 42.4 Å². The molecule has 1 aliphatic heterocycles. The third-order valence-corrected chi connectivity index (χ3v) is 7.30. The Morgan fingerprint density at radius 3 is 1.95 bits per heavy atom. The zero-order valence-electron chi connectivity index (χ0n) is 23.4. The molecular weight excluding hydrogens is 561 g/mol. The molecule has 226 valence electrons. The van der Waals surface area contributed by atoms with E-state index in [1.165, 1.54) is 32.0 Å². The van der Waals surface area contributed by atoms with Crippen molar-refractivity contribution in [3.8, 4) is 11.5 Å². The second-order valence-corrected chi connectivity index (χ2v) is 10.8. The summed E-state index contributed by atoms with van der Waals surface area (Å²) >= 11 is 0. The number of amides is 2. The molecule has 2 aromatic carbocycles. The van der Waals surface area contributed by atoms with Crippen molar-refractivity contribution in [1.29, 1.82) is 0 Å². The van der Waals surface area contributed by atoms with Gasteiger partial charge in [-0.3, -0.25) is 14.4 Å². The maximum Gasteiger partial charge on any atom is 0.285 e. The van der Waals surface area contributed by atoms with Crippen LogP contribution in [0.1, 0.15) is 46.2 Å². The van der Waals surface area contributed by atoms with Crippen LogP contribution in [0.15, 0.2) is 42.5 Å². The highest BCUT2D eigenvalue weighted by molar-refractivity contribution is 7.51. The molecule has 0 N–H and O–H groups in total. The first-order chi connectivity index (χ1) is 19.7. The molecular formula is C27H35NO12P-. The zero-order valence-corrected chi connectivity index (χ0v) is 24.3. The Labute approximate surface area is 238 Å². The maximum atomic E-state index is 13.0. The molecule has 0 spiro atoms. The van der Waals surface area contributed by atoms with Gasteiger partial charge in [0, 0.05) is 20.4 Å². The number of fused-ring (bicyclic) bond motifs is 1. The van der Waals surface area contributed by atoms with E-state index in [2.05, 4.69) is 0 Å². The van der Waals surface area contributed by atoms with Crippen LogP contribution in [0.5, 0.6) is 11.5 Å². The minimum Gasteiger partial charge on any atom is -0.778 e. The molecule has 0 radical (unpaired) electrons. The van der Waals surface area contributed by atoms with Crippen molar-refractivity contribution in [3.63, 3.8) is 0 Å². The Balaban J connectivity index is 1.90. The lowest BCUT2D eigenvalue weighted by atomic mass is 10.0. The summed E-state index contributed by atoms with van der Waals surface area (Å²) in [5, 5.41) is 0.610. The molecule has 0 bridgehead atoms. The van der Waals surface area contributed by atoms with Gasteiger partial charge in [-0.15, -0.1) is 5.06 Å². The van der Waals surface area contributed by atoms with E-state index in [4.69, 9.17) is 37.8 Å². The van der Waals surface area contributed by atoms with Gasteiger partial charge in [0.2, 0.25) is 0 Å². The van der Waals surface area contributed by atoms with Gasteiger partial charge in [0.1, 0.15) is 13.7 Å². The lowest BCUT2D eigenvalue weighted by molar-refractivity contribution is -0.214. The van der Waals surface area contributed by atoms with Gasteiger partial charge in [0.05, 0.1) is 43.7 Å². The number of benzene rings is 2. The van der Waals surface area contributed by atoms with Crippen LogP contribution in [-0.2, 0) is 32.9 Å². The minimum atomic E-state index is -4.24. The molecule has 14 heteroatoms. The molecule has 0 saturated carbocycles. The molecule has 2 aromatic rings. The lowest BCUT2D eigenvalue weighted by Gasteiger charge is -2.32. The van der Waals surface area contributed by atoms with Crippen molar-refractivity contribution in [2.45, 2.75) is 26.1 Å². The highest BCUT2D eigenvalue weighted by Crippen LogP contribution is 2.43. The minimum absolute atomic E-state index is 0.103. The molecule has 1 aliphatic rings. The van der Waals surface area contributed by atoms with E-state index in [0.717, 1.165) is 0 Å². The first-order valence-corrected chi connectivity index (χ1v) is 14.6. The molecule has 41 heavy (non-hydrogen) atoms. The van der Waals surface area contributed by atoms with Crippen molar-refractivity contribution < 1.29 is 56.8 Å². The maximum absolute atomic E-state index is 13.0. The van der Waals surface area contributed by atoms with E-state index in [1.54, 1.807) is 38.5 Å². The van der Waals surface area contributed by atoms with E-state index in [-0.39, 0.29) is 49.0 Å². The Kier molecular flexibility index (Phi) is 12.7. The average Bonchev–Trinajstić information content (AvgIpc) is 3.20. The summed E-state index contributed by atoms with van der Waals surface area (Å²) in [5.41, 5.74) is 0.675. The normalized spacial score (nSPS) is 15.9. The van der Waals surface area contributed by atoms with E-state index >= 15 is 0 Å². The van der Waals surface area contributed by atoms with Crippen LogP contribution >= 0.6 is 7.60 Å². The second-order valence-electron chi connectivity index (χ2n) is 8.75. The van der Waals surface area contributed by atoms with Crippen molar-refractivity contribution >= 4 is 19.4 Å². The molecule has 3 atom stereocenters. The quantitative estimate of drug-likeness (QED) is 0.101. The van der Waals surface area contributed by atoms with Crippen molar-refractivity contribution in [3.05, 3.63) is 59.2 Å². The van der Waals surface area contributed by atoms with E-state index in [0.29, 0.717) is 30.4 Å². The summed E-state index contributed by atoms with van der Waals surface area (Å²) < 4.78 is 49.8. The van der Waals surface area contributed by atoms with E-state index in [1.807, 2.05) is 0 Å². The molecule has 3 unspecified atom stereocenters. The van der Waals surface area contributed by atoms with Crippen LogP contribution in [0.25, 0.3) is 0 Å². The van der Waals surface area contributed by atoms with Crippen LogP contribution in [0.3, 0.4) is 0 Å². The molecule has 0 aromatic heterocycles. The average molecular weight is 597 g/mol. The summed E-state index contributed by atoms with van der Waals surface area (Å²) in [7, 11) is -1.15. The number of hydrogen-bond donors (Lipinski definition) is 0. The van der Waals surface area contributed by atoms with Gasteiger partial charge in [-0.05, 0) is 36.8 Å². The SMILES string of the molecule is CCP(=O)([O-])OC(C)C(ON1C(=O)c2ccccc2C1=O)c1ccc(OCOCCOC)c(OCOCCOC)c1. The number of carbonyl (C=O) groups excluding carboxylic acids is 2. The first kappa shape index (κ1) is 32.6. The molecule has 3 rings (SSSR count). The van der Waals surface area contributed by atoms with Gasteiger partial charge >= 0.3 is 0 Å². The monoisotopic (exact) mass is 596 g/mol. The first-order valence-electron chi connectivity index (χ1n) is 12.9. The summed E-state index contributed by atoms with van der Waals surface area (Å²) in [6, 6.07) is 10.9. The highest BCUT2D eigenvalue weighted by atomic mass is 31.2. The summed E-state index contributed by atoms with van der Waals surface area (Å²) in [4.78, 5) is 44.3. The van der Waals surface area contributed by atoms with Gasteiger partial charge in [0.25, 0.3) is 11.8 Å². The van der Waals surface area contributed by atoms with E-state index < -0.39 is 31.6 Å². The lowest BCUT2D eigenvalue weighted by Crippen LogP contribution is -2.35. The molecule has 2 amide bonds. The number of hydrogen-bond acceptors (Lipinski definition) is 12. The molecule has 0 saturated heterocycles. The van der Waals surface area contributed by atoms with Crippen molar-refractivity contribution in [1.82, 2.24) is 5.06 Å². The number of hydroxylamine groups is 2. The van der Waals surface area contributed by atoms with Crippen LogP contribution in [0.2, 0.25) is 0 Å². The fourth-order valence-corrected chi connectivity index (χ4v) is 4.49. The van der Waals surface area contributed by atoms with Crippen molar-refractivity contribution in [2.24, 2.45) is 0 Å². The summed E-state index contributed by atoms with van der Waals surface area (Å²) in [6.45, 7) is 3.97. The van der Waals surface area contributed by atoms with Crippen LogP contribution < -0.4 is 14.4 Å². The zero-order chi connectivity index (χ0) is 29.8. The number of rotatable bonds is 19. The topological polar surface area (TPSA) is 151 Å². The molecule has 0 aliphatic carbocycles. The smallest absolute Gasteiger partial charge is 0.285 e. The molecule has 1 heterocycles. The standard InChI is InChI=1S/C27H36NO12P/c1-5-41(31,32)40-19(2)25(39-28-26(29)21-8-6-7-9-22(21)27(28)30)20-10-11-23(37-17-35-14-12-33-3)24(16-20)38-18-36-15-13-34-4/h6-11,16,19,25H,5,12-15,17-18H2,1-4H3,(H,31,32)/p-1. The fourth-order valence-electron chi connectivity index (χ4n) is 3.72. The van der Waals surface area contributed by atoms with Crippen molar-refractivity contribution in [2.75, 3.05) is 60.4 Å². The third kappa shape index (κ3) is 9.06. The molecule has 0 fully saturated rings. The second kappa shape index (κ2) is 15.9. The van der Waals surface area contributed by atoms with Crippen LogP contribution in [0, 0.1) is 0 Å². The highest BCUT2D eigenvalue weighted by Gasteiger charge is 2.40. The predicted molar refractivity (Wildman–Crippen MR) is 143 cm³/mol. The summed E-state index contributed by atoms with van der Waals surface area (Å²) in [5.74, 6) is -0.864. The Bertz CT molecular complexity index is 1170. The fraction of sp³-hybridized carbons (Fsp3) is 0.481.